The molecule has 2 rings (SSSR count). The van der Waals surface area contributed by atoms with Gasteiger partial charge in [-0.2, -0.15) is 0 Å². The van der Waals surface area contributed by atoms with E-state index in [0.29, 0.717) is 5.56 Å². The number of carbonyl (C=O) groups excluding carboxylic acids is 1. The smallest absolute Gasteiger partial charge is 0.207 e. The van der Waals surface area contributed by atoms with Crippen molar-refractivity contribution in [1.29, 1.82) is 0 Å². The van der Waals surface area contributed by atoms with E-state index in [1.165, 1.54) is 6.92 Å². The average molecular weight is 351 g/mol. The topological polar surface area (TPSA) is 51.2 Å². The fourth-order valence-corrected chi connectivity index (χ4v) is 4.14. The van der Waals surface area contributed by atoms with Crippen LogP contribution in [0.5, 0.6) is 0 Å². The monoisotopic (exact) mass is 350 g/mol. The maximum absolute atomic E-state index is 12.6. The van der Waals surface area contributed by atoms with Crippen molar-refractivity contribution in [1.82, 2.24) is 0 Å². The highest BCUT2D eigenvalue weighted by atomic mass is 35.5. The van der Waals surface area contributed by atoms with Crippen LogP contribution in [0.4, 0.5) is 0 Å². The Bertz CT molecular complexity index is 783. The van der Waals surface area contributed by atoms with Crippen molar-refractivity contribution in [2.24, 2.45) is 0 Å². The lowest BCUT2D eigenvalue weighted by Gasteiger charge is -2.23. The molecule has 2 aromatic carbocycles. The van der Waals surface area contributed by atoms with E-state index >= 15 is 0 Å². The molecule has 0 spiro atoms. The van der Waals surface area contributed by atoms with Gasteiger partial charge in [0.25, 0.3) is 0 Å². The van der Waals surface area contributed by atoms with Crippen LogP contribution in [-0.2, 0) is 9.84 Å². The summed E-state index contributed by atoms with van der Waals surface area (Å²) in [5.74, 6) is -0.735. The third-order valence-electron chi connectivity index (χ3n) is 3.92. The van der Waals surface area contributed by atoms with Crippen LogP contribution in [0.15, 0.2) is 54.6 Å². The lowest BCUT2D eigenvalue weighted by molar-refractivity contribution is 0.0970. The Morgan fingerprint density at radius 3 is 1.96 bits per heavy atom. The summed E-state index contributed by atoms with van der Waals surface area (Å²) < 4.78 is 22.5. The molecule has 5 heteroatoms. The Labute approximate surface area is 142 Å². The number of alkyl halides is 1. The predicted molar refractivity (Wildman–Crippen MR) is 94.5 cm³/mol. The fraction of sp³-hybridized carbons (Fsp3) is 0.278. The van der Waals surface area contributed by atoms with Crippen molar-refractivity contribution >= 4 is 27.2 Å². The van der Waals surface area contributed by atoms with E-state index in [-0.39, 0.29) is 12.2 Å². The first kappa shape index (κ1) is 17.7. The Balaban J connectivity index is 2.37. The molecule has 0 saturated heterocycles. The third kappa shape index (κ3) is 3.33. The molecule has 0 bridgehead atoms. The summed E-state index contributed by atoms with van der Waals surface area (Å²) in [6.07, 6.45) is 0.0317. The summed E-state index contributed by atoms with van der Waals surface area (Å²) in [5, 5.41) is 0. The zero-order chi connectivity index (χ0) is 17.1. The second-order valence-corrected chi connectivity index (χ2v) is 8.63. The molecule has 2 aromatic rings. The average Bonchev–Trinajstić information content (AvgIpc) is 2.61. The quantitative estimate of drug-likeness (QED) is 0.576. The Morgan fingerprint density at radius 2 is 1.48 bits per heavy atom. The van der Waals surface area contributed by atoms with Gasteiger partial charge in [-0.15, -0.1) is 0 Å². The van der Waals surface area contributed by atoms with Gasteiger partial charge in [0.15, 0.2) is 15.6 Å². The second-order valence-electron chi connectivity index (χ2n) is 5.26. The SMILES string of the molecule is CC[C@@](Cl)(C(=O)c1ccc(-c2ccccc2)cc1)S(=O)(=O)CC. The minimum atomic E-state index is -3.70. The Hall–Kier alpha value is -1.65. The van der Waals surface area contributed by atoms with E-state index in [1.807, 2.05) is 30.3 Å². The summed E-state index contributed by atoms with van der Waals surface area (Å²) in [6.45, 7) is 3.10. The van der Waals surface area contributed by atoms with Crippen LogP contribution in [0, 0.1) is 0 Å². The van der Waals surface area contributed by atoms with Gasteiger partial charge in [-0.25, -0.2) is 8.42 Å². The lowest BCUT2D eigenvalue weighted by Crippen LogP contribution is -2.41. The zero-order valence-corrected chi connectivity index (χ0v) is 14.7. The van der Waals surface area contributed by atoms with Crippen LogP contribution in [0.2, 0.25) is 0 Å². The molecule has 23 heavy (non-hydrogen) atoms. The summed E-state index contributed by atoms with van der Waals surface area (Å²) >= 11 is 6.22. The number of hydrogen-bond acceptors (Lipinski definition) is 3. The van der Waals surface area contributed by atoms with E-state index in [9.17, 15) is 13.2 Å². The van der Waals surface area contributed by atoms with E-state index in [4.69, 9.17) is 11.6 Å². The van der Waals surface area contributed by atoms with Gasteiger partial charge in [0.2, 0.25) is 4.21 Å². The number of hydrogen-bond donors (Lipinski definition) is 0. The van der Waals surface area contributed by atoms with Gasteiger partial charge in [-0.05, 0) is 17.5 Å². The van der Waals surface area contributed by atoms with Crippen molar-refractivity contribution < 1.29 is 13.2 Å². The van der Waals surface area contributed by atoms with Gasteiger partial charge in [0, 0.05) is 11.3 Å². The maximum Gasteiger partial charge on any atom is 0.207 e. The molecular formula is C18H19ClO3S. The van der Waals surface area contributed by atoms with Crippen molar-refractivity contribution in [3.63, 3.8) is 0 Å². The number of rotatable bonds is 6. The molecule has 0 N–H and O–H groups in total. The molecule has 0 heterocycles. The van der Waals surface area contributed by atoms with Crippen LogP contribution in [0.1, 0.15) is 30.6 Å². The Kier molecular flexibility index (Phi) is 5.27. The first-order chi connectivity index (χ1) is 10.9. The van der Waals surface area contributed by atoms with Crippen molar-refractivity contribution in [3.05, 3.63) is 60.2 Å². The molecule has 0 aliphatic carbocycles. The molecule has 0 aliphatic rings. The number of halogens is 1. The number of benzene rings is 2. The third-order valence-corrected chi connectivity index (χ3v) is 7.29. The molecule has 0 aliphatic heterocycles. The first-order valence-electron chi connectivity index (χ1n) is 7.47. The number of sulfone groups is 1. The minimum absolute atomic E-state index is 0.0317. The largest absolute Gasteiger partial charge is 0.291 e. The fourth-order valence-electron chi connectivity index (χ4n) is 2.41. The van der Waals surface area contributed by atoms with Crippen LogP contribution >= 0.6 is 11.6 Å². The molecule has 0 radical (unpaired) electrons. The summed E-state index contributed by atoms with van der Waals surface area (Å²) in [5.41, 5.74) is 2.29. The van der Waals surface area contributed by atoms with E-state index < -0.39 is 19.8 Å². The van der Waals surface area contributed by atoms with Crippen molar-refractivity contribution in [2.45, 2.75) is 24.5 Å². The highest BCUT2D eigenvalue weighted by Gasteiger charge is 2.46. The number of ketones is 1. The van der Waals surface area contributed by atoms with Crippen molar-refractivity contribution in [3.8, 4) is 11.1 Å². The predicted octanol–water partition coefficient (Wildman–Crippen LogP) is 4.32. The van der Waals surface area contributed by atoms with Gasteiger partial charge in [0.05, 0.1) is 0 Å². The molecule has 1 atom stereocenters. The molecule has 3 nitrogen and oxygen atoms in total. The van der Waals surface area contributed by atoms with E-state index in [1.54, 1.807) is 31.2 Å². The maximum atomic E-state index is 12.6. The van der Waals surface area contributed by atoms with Gasteiger partial charge in [0.1, 0.15) is 0 Å². The second kappa shape index (κ2) is 6.85. The van der Waals surface area contributed by atoms with Gasteiger partial charge in [-0.1, -0.05) is 80.0 Å². The van der Waals surface area contributed by atoms with Crippen molar-refractivity contribution in [2.75, 3.05) is 5.75 Å². The van der Waals surface area contributed by atoms with E-state index in [0.717, 1.165) is 11.1 Å². The van der Waals surface area contributed by atoms with Gasteiger partial charge < -0.3 is 0 Å². The molecule has 0 saturated carbocycles. The Morgan fingerprint density at radius 1 is 0.957 bits per heavy atom. The highest BCUT2D eigenvalue weighted by molar-refractivity contribution is 7.95. The summed E-state index contributed by atoms with van der Waals surface area (Å²) in [6, 6.07) is 16.6. The standard InChI is InChI=1S/C18H19ClO3S/c1-3-18(19,23(21,22)4-2)17(20)16-12-10-15(11-13-16)14-8-6-5-7-9-14/h5-13H,3-4H2,1-2H3/t18-/m0/s1. The van der Waals surface area contributed by atoms with Crippen LogP contribution in [-0.4, -0.2) is 24.2 Å². The molecule has 0 aromatic heterocycles. The van der Waals surface area contributed by atoms with Crippen LogP contribution in [0.25, 0.3) is 11.1 Å². The molecule has 122 valence electrons. The molecular weight excluding hydrogens is 332 g/mol. The molecule has 0 unspecified atom stereocenters. The summed E-state index contributed by atoms with van der Waals surface area (Å²) in [7, 11) is -3.70. The summed E-state index contributed by atoms with van der Waals surface area (Å²) in [4.78, 5) is 12.6. The highest BCUT2D eigenvalue weighted by Crippen LogP contribution is 2.32. The van der Waals surface area contributed by atoms with Gasteiger partial charge >= 0.3 is 0 Å². The molecule has 0 fully saturated rings. The minimum Gasteiger partial charge on any atom is -0.291 e. The molecule has 0 amide bonds. The van der Waals surface area contributed by atoms with E-state index in [2.05, 4.69) is 0 Å². The number of Topliss-reactive ketones (excluding diaryl/α,β-unsaturated/α-hetero) is 1. The lowest BCUT2D eigenvalue weighted by atomic mass is 10.0. The zero-order valence-electron chi connectivity index (χ0n) is 13.1. The number of carbonyl (C=O) groups is 1. The van der Waals surface area contributed by atoms with Gasteiger partial charge in [-0.3, -0.25) is 4.79 Å². The van der Waals surface area contributed by atoms with Crippen LogP contribution < -0.4 is 0 Å². The normalized spacial score (nSPS) is 14.2. The first-order valence-corrected chi connectivity index (χ1v) is 9.50. The van der Waals surface area contributed by atoms with Crippen LogP contribution in [0.3, 0.4) is 0 Å².